The third kappa shape index (κ3) is 5.19. The van der Waals surface area contributed by atoms with Crippen molar-refractivity contribution in [2.24, 2.45) is 0 Å². The molecule has 2 aliphatic rings. The number of nitrogens with one attached hydrogen (secondary N) is 3. The zero-order chi connectivity index (χ0) is 20.9. The Bertz CT molecular complexity index is 892. The van der Waals surface area contributed by atoms with Crippen molar-refractivity contribution in [2.75, 3.05) is 18.4 Å². The Balaban J connectivity index is 1.30. The molecule has 2 aliphatic heterocycles. The molecule has 158 valence electrons. The largest absolute Gasteiger partial charge is 0.353 e. The zero-order valence-corrected chi connectivity index (χ0v) is 17.6. The summed E-state index contributed by atoms with van der Waals surface area (Å²) in [7, 11) is 0. The molecule has 7 heteroatoms. The molecule has 2 amide bonds. The van der Waals surface area contributed by atoms with Gasteiger partial charge in [0.2, 0.25) is 11.8 Å². The number of rotatable bonds is 7. The fraction of sp³-hybridized carbons (Fsp3) is 0.391. The van der Waals surface area contributed by atoms with E-state index in [0.717, 1.165) is 42.2 Å². The van der Waals surface area contributed by atoms with E-state index in [-0.39, 0.29) is 29.9 Å². The second kappa shape index (κ2) is 9.60. The molecule has 2 fully saturated rings. The molecule has 30 heavy (non-hydrogen) atoms. The number of para-hydroxylation sites is 1. The Kier molecular flexibility index (Phi) is 6.67. The average molecular weight is 427 g/mol. The van der Waals surface area contributed by atoms with E-state index in [1.165, 1.54) is 0 Å². The summed E-state index contributed by atoms with van der Waals surface area (Å²) >= 11 is 6.07. The van der Waals surface area contributed by atoms with Crippen molar-refractivity contribution in [3.63, 3.8) is 0 Å². The fourth-order valence-electron chi connectivity index (χ4n) is 4.34. The number of benzene rings is 2. The third-order valence-electron chi connectivity index (χ3n) is 5.87. The highest BCUT2D eigenvalue weighted by molar-refractivity contribution is 6.30. The van der Waals surface area contributed by atoms with E-state index in [1.807, 2.05) is 54.6 Å². The Morgan fingerprint density at radius 1 is 1.17 bits per heavy atom. The van der Waals surface area contributed by atoms with Crippen molar-refractivity contribution in [1.82, 2.24) is 15.5 Å². The van der Waals surface area contributed by atoms with Gasteiger partial charge in [0, 0.05) is 48.8 Å². The summed E-state index contributed by atoms with van der Waals surface area (Å²) in [5, 5.41) is 10.2. The molecule has 0 saturated carbocycles. The van der Waals surface area contributed by atoms with E-state index in [0.29, 0.717) is 13.0 Å². The number of fused-ring (bicyclic) bond motifs is 1. The van der Waals surface area contributed by atoms with Crippen LogP contribution in [-0.4, -0.2) is 47.9 Å². The molecular formula is C23H27ClN4O2. The predicted molar refractivity (Wildman–Crippen MR) is 118 cm³/mol. The summed E-state index contributed by atoms with van der Waals surface area (Å²) in [4.78, 5) is 27.0. The first-order valence-corrected chi connectivity index (χ1v) is 10.8. The lowest BCUT2D eigenvalue weighted by Crippen LogP contribution is -2.57. The smallest absolute Gasteiger partial charge is 0.237 e. The van der Waals surface area contributed by atoms with Gasteiger partial charge in [-0.05, 0) is 42.7 Å². The molecule has 2 saturated heterocycles. The average Bonchev–Trinajstić information content (AvgIpc) is 3.18. The number of halogens is 1. The van der Waals surface area contributed by atoms with Crippen molar-refractivity contribution in [3.8, 4) is 0 Å². The minimum atomic E-state index is -0.127. The van der Waals surface area contributed by atoms with Gasteiger partial charge in [-0.3, -0.25) is 14.5 Å². The second-order valence-electron chi connectivity index (χ2n) is 8.01. The van der Waals surface area contributed by atoms with Gasteiger partial charge in [-0.15, -0.1) is 0 Å². The van der Waals surface area contributed by atoms with Crippen molar-refractivity contribution >= 4 is 29.1 Å². The highest BCUT2D eigenvalue weighted by Gasteiger charge is 2.43. The Labute approximate surface area is 182 Å². The lowest BCUT2D eigenvalue weighted by Gasteiger charge is -2.37. The van der Waals surface area contributed by atoms with Crippen LogP contribution in [0.1, 0.15) is 24.8 Å². The van der Waals surface area contributed by atoms with E-state index >= 15 is 0 Å². The van der Waals surface area contributed by atoms with Crippen LogP contribution in [0, 0.1) is 0 Å². The Hall–Kier alpha value is -2.41. The molecule has 0 radical (unpaired) electrons. The maximum absolute atomic E-state index is 12.4. The van der Waals surface area contributed by atoms with Gasteiger partial charge < -0.3 is 16.0 Å². The minimum Gasteiger partial charge on any atom is -0.353 e. The number of hydrogen-bond donors (Lipinski definition) is 3. The predicted octanol–water partition coefficient (Wildman–Crippen LogP) is 2.79. The first-order chi connectivity index (χ1) is 14.6. The first-order valence-electron chi connectivity index (χ1n) is 10.4. The molecular weight excluding hydrogens is 400 g/mol. The summed E-state index contributed by atoms with van der Waals surface area (Å²) in [6.07, 6.45) is 1.93. The standard InChI is InChI=1S/C23H27ClN4O2/c24-17-6-4-5-16(11-17)13-25-19-12-21-23(30)26-14-20(28(21)15-19)9-10-22(29)27-18-7-2-1-3-8-18/h1-8,11,19-21,25H,9-10,12-15H2,(H,26,30)(H,27,29)/t19-,20-,21+/m0/s1. The molecule has 0 aliphatic carbocycles. The van der Waals surface area contributed by atoms with E-state index < -0.39 is 0 Å². The summed E-state index contributed by atoms with van der Waals surface area (Å²) in [5.74, 6) is 0.0940. The highest BCUT2D eigenvalue weighted by atomic mass is 35.5. The maximum Gasteiger partial charge on any atom is 0.237 e. The molecule has 0 bridgehead atoms. The van der Waals surface area contributed by atoms with Crippen molar-refractivity contribution in [2.45, 2.75) is 43.9 Å². The summed E-state index contributed by atoms with van der Waals surface area (Å²) in [6, 6.07) is 17.6. The normalized spacial score (nSPS) is 23.6. The van der Waals surface area contributed by atoms with E-state index in [1.54, 1.807) is 0 Å². The van der Waals surface area contributed by atoms with Crippen LogP contribution in [0.5, 0.6) is 0 Å². The quantitative estimate of drug-likeness (QED) is 0.636. The van der Waals surface area contributed by atoms with Crippen LogP contribution in [0.3, 0.4) is 0 Å². The van der Waals surface area contributed by atoms with Gasteiger partial charge in [-0.2, -0.15) is 0 Å². The van der Waals surface area contributed by atoms with Gasteiger partial charge in [0.05, 0.1) is 6.04 Å². The second-order valence-corrected chi connectivity index (χ2v) is 8.44. The van der Waals surface area contributed by atoms with Crippen molar-refractivity contribution < 1.29 is 9.59 Å². The lowest BCUT2D eigenvalue weighted by atomic mass is 10.0. The Morgan fingerprint density at radius 3 is 2.80 bits per heavy atom. The number of anilines is 1. The van der Waals surface area contributed by atoms with Gasteiger partial charge >= 0.3 is 0 Å². The molecule has 2 aromatic carbocycles. The molecule has 0 unspecified atom stereocenters. The first kappa shape index (κ1) is 20.8. The molecule has 3 N–H and O–H groups in total. The number of piperazine rings is 1. The maximum atomic E-state index is 12.4. The van der Waals surface area contributed by atoms with Gasteiger partial charge in [-0.1, -0.05) is 41.9 Å². The molecule has 3 atom stereocenters. The SMILES string of the molecule is O=C(CC[C@H]1CNC(=O)[C@H]2C[C@H](NCc3cccc(Cl)c3)CN12)Nc1ccccc1. The van der Waals surface area contributed by atoms with Gasteiger partial charge in [0.1, 0.15) is 0 Å². The van der Waals surface area contributed by atoms with Crippen LogP contribution in [0.15, 0.2) is 54.6 Å². The van der Waals surface area contributed by atoms with Crippen molar-refractivity contribution in [1.29, 1.82) is 0 Å². The number of carbonyl (C=O) groups is 2. The van der Waals surface area contributed by atoms with E-state index in [9.17, 15) is 9.59 Å². The molecule has 2 heterocycles. The van der Waals surface area contributed by atoms with Crippen LogP contribution < -0.4 is 16.0 Å². The Morgan fingerprint density at radius 2 is 2.00 bits per heavy atom. The number of hydrogen-bond acceptors (Lipinski definition) is 4. The van der Waals surface area contributed by atoms with Crippen molar-refractivity contribution in [3.05, 3.63) is 65.2 Å². The van der Waals surface area contributed by atoms with Gasteiger partial charge in [0.15, 0.2) is 0 Å². The van der Waals surface area contributed by atoms with Crippen LogP contribution in [0.25, 0.3) is 0 Å². The number of amides is 2. The van der Waals surface area contributed by atoms with Crippen LogP contribution in [-0.2, 0) is 16.1 Å². The minimum absolute atomic E-state index is 0.00415. The van der Waals surface area contributed by atoms with Gasteiger partial charge in [0.25, 0.3) is 0 Å². The summed E-state index contributed by atoms with van der Waals surface area (Å²) < 4.78 is 0. The fourth-order valence-corrected chi connectivity index (χ4v) is 4.56. The number of nitrogens with zero attached hydrogens (tertiary/aromatic N) is 1. The third-order valence-corrected chi connectivity index (χ3v) is 6.10. The monoisotopic (exact) mass is 426 g/mol. The molecule has 6 nitrogen and oxygen atoms in total. The molecule has 2 aromatic rings. The van der Waals surface area contributed by atoms with Gasteiger partial charge in [-0.25, -0.2) is 0 Å². The van der Waals surface area contributed by atoms with Crippen LogP contribution >= 0.6 is 11.6 Å². The van der Waals surface area contributed by atoms with E-state index in [2.05, 4.69) is 20.9 Å². The van der Waals surface area contributed by atoms with E-state index in [4.69, 9.17) is 11.6 Å². The highest BCUT2D eigenvalue weighted by Crippen LogP contribution is 2.26. The lowest BCUT2D eigenvalue weighted by molar-refractivity contribution is -0.129. The number of carbonyl (C=O) groups excluding carboxylic acids is 2. The summed E-state index contributed by atoms with van der Waals surface area (Å²) in [6.45, 7) is 2.12. The zero-order valence-electron chi connectivity index (χ0n) is 16.8. The molecule has 0 spiro atoms. The van der Waals surface area contributed by atoms with Crippen LogP contribution in [0.2, 0.25) is 5.02 Å². The topological polar surface area (TPSA) is 73.5 Å². The summed E-state index contributed by atoms with van der Waals surface area (Å²) in [5.41, 5.74) is 1.94. The molecule has 0 aromatic heterocycles. The van der Waals surface area contributed by atoms with Crippen LogP contribution in [0.4, 0.5) is 5.69 Å². The molecule has 4 rings (SSSR count).